The zero-order valence-corrected chi connectivity index (χ0v) is 17.2. The van der Waals surface area contributed by atoms with Crippen LogP contribution in [0.2, 0.25) is 0 Å². The van der Waals surface area contributed by atoms with Crippen molar-refractivity contribution in [1.29, 1.82) is 0 Å². The van der Waals surface area contributed by atoms with E-state index in [-0.39, 0.29) is 6.42 Å². The van der Waals surface area contributed by atoms with Gasteiger partial charge in [0.1, 0.15) is 18.4 Å². The molecule has 2 N–H and O–H groups in total. The van der Waals surface area contributed by atoms with E-state index < -0.39 is 52.9 Å². The van der Waals surface area contributed by atoms with Crippen molar-refractivity contribution in [3.63, 3.8) is 0 Å². The minimum Gasteiger partial charge on any atom is -0.489 e. The van der Waals surface area contributed by atoms with Gasteiger partial charge in [0.15, 0.2) is 0 Å². The number of benzene rings is 3. The first-order chi connectivity index (χ1) is 16.2. The summed E-state index contributed by atoms with van der Waals surface area (Å²) in [7, 11) is 0. The van der Waals surface area contributed by atoms with Crippen LogP contribution in [-0.4, -0.2) is 23.2 Å². The molecule has 3 aromatic rings. The average Bonchev–Trinajstić information content (AvgIpc) is 2.84. The summed E-state index contributed by atoms with van der Waals surface area (Å²) in [4.78, 5) is 23.4. The van der Waals surface area contributed by atoms with Crippen molar-refractivity contribution in [2.24, 2.45) is 0 Å². The lowest BCUT2D eigenvalue weighted by Gasteiger charge is -2.15. The highest BCUT2D eigenvalue weighted by Crippen LogP contribution is 2.29. The summed E-state index contributed by atoms with van der Waals surface area (Å²) < 4.78 is 76.7. The molecule has 11 heteroatoms. The Kier molecular flexibility index (Phi) is 7.67. The van der Waals surface area contributed by atoms with Gasteiger partial charge in [0.25, 0.3) is 0 Å². The van der Waals surface area contributed by atoms with Crippen molar-refractivity contribution in [3.8, 4) is 11.5 Å². The molecule has 0 aliphatic rings. The van der Waals surface area contributed by atoms with Crippen molar-refractivity contribution in [1.82, 2.24) is 5.32 Å². The number of hydrogen-bond acceptors (Lipinski definition) is 4. The Morgan fingerprint density at radius 3 is 1.91 bits per heavy atom. The van der Waals surface area contributed by atoms with Crippen LogP contribution in [0.3, 0.4) is 0 Å². The van der Waals surface area contributed by atoms with Crippen LogP contribution in [0.5, 0.6) is 11.5 Å². The molecule has 0 saturated heterocycles. The Labute approximate surface area is 189 Å². The lowest BCUT2D eigenvalue weighted by molar-refractivity contribution is -0.139. The van der Waals surface area contributed by atoms with Crippen molar-refractivity contribution in [3.05, 3.63) is 94.8 Å². The van der Waals surface area contributed by atoms with E-state index in [1.165, 1.54) is 12.1 Å². The van der Waals surface area contributed by atoms with Crippen LogP contribution < -0.4 is 14.8 Å². The fourth-order valence-electron chi connectivity index (χ4n) is 2.84. The zero-order valence-electron chi connectivity index (χ0n) is 17.2. The molecule has 3 rings (SSSR count). The fourth-order valence-corrected chi connectivity index (χ4v) is 2.84. The minimum atomic E-state index is -2.43. The lowest BCUT2D eigenvalue weighted by Crippen LogP contribution is -2.43. The number of ether oxygens (including phenoxy) is 2. The van der Waals surface area contributed by atoms with E-state index in [0.29, 0.717) is 17.9 Å². The molecule has 0 aliphatic heterocycles. The molecule has 0 aliphatic carbocycles. The molecule has 0 spiro atoms. The van der Waals surface area contributed by atoms with Gasteiger partial charge in [-0.2, -0.15) is 8.78 Å². The van der Waals surface area contributed by atoms with E-state index in [9.17, 15) is 36.6 Å². The van der Waals surface area contributed by atoms with E-state index >= 15 is 0 Å². The van der Waals surface area contributed by atoms with Crippen molar-refractivity contribution < 1.29 is 46.1 Å². The Balaban J connectivity index is 1.63. The first-order valence-electron chi connectivity index (χ1n) is 9.65. The number of nitrogens with one attached hydrogen (secondary N) is 1. The van der Waals surface area contributed by atoms with E-state index in [4.69, 9.17) is 4.74 Å². The number of halogens is 5. The predicted molar refractivity (Wildman–Crippen MR) is 108 cm³/mol. The van der Waals surface area contributed by atoms with Gasteiger partial charge in [0.05, 0.1) is 0 Å². The van der Waals surface area contributed by atoms with Crippen LogP contribution >= 0.6 is 0 Å². The average molecular weight is 481 g/mol. The normalized spacial score (nSPS) is 11.6. The highest BCUT2D eigenvalue weighted by atomic mass is 19.2. The molecule has 0 fully saturated rings. The number of amides is 1. The van der Waals surface area contributed by atoms with E-state index in [1.807, 2.05) is 35.6 Å². The summed E-state index contributed by atoms with van der Waals surface area (Å²) in [6.07, 6.45) is -2.00. The maximum absolute atomic E-state index is 13.7. The standard InChI is InChI=1S/C23H16F5NO5/c24-16-17(25)19(27)21(20(28)18(16)26)34-23(32)29-15(22(30)31)10-12-6-8-14(9-7-12)33-11-13-4-2-1-3-5-13/h1-9,15H,10-11H2,(H,29,32)(H,30,31)/t15-/m0/s1. The second kappa shape index (κ2) is 10.6. The van der Waals surface area contributed by atoms with Gasteiger partial charge in [0, 0.05) is 6.42 Å². The van der Waals surface area contributed by atoms with Crippen molar-refractivity contribution in [2.45, 2.75) is 19.1 Å². The van der Waals surface area contributed by atoms with Crippen LogP contribution in [0.1, 0.15) is 11.1 Å². The predicted octanol–water partition coefficient (Wildman–Crippen LogP) is 4.75. The van der Waals surface area contributed by atoms with Crippen molar-refractivity contribution in [2.75, 3.05) is 0 Å². The summed E-state index contributed by atoms with van der Waals surface area (Å²) in [6.45, 7) is 0.309. The first-order valence-corrected chi connectivity index (χ1v) is 9.65. The summed E-state index contributed by atoms with van der Waals surface area (Å²) in [5.41, 5.74) is 1.38. The smallest absolute Gasteiger partial charge is 0.413 e. The van der Waals surface area contributed by atoms with Gasteiger partial charge in [0.2, 0.25) is 34.8 Å². The first kappa shape index (κ1) is 24.5. The van der Waals surface area contributed by atoms with Crippen molar-refractivity contribution >= 4 is 12.1 Å². The second-order valence-corrected chi connectivity index (χ2v) is 6.95. The van der Waals surface area contributed by atoms with Gasteiger partial charge in [-0.1, -0.05) is 42.5 Å². The molecule has 1 amide bonds. The van der Waals surface area contributed by atoms with Crippen LogP contribution in [0.4, 0.5) is 26.7 Å². The molecule has 6 nitrogen and oxygen atoms in total. The highest BCUT2D eigenvalue weighted by Gasteiger charge is 2.30. The molecular weight excluding hydrogens is 465 g/mol. The zero-order chi connectivity index (χ0) is 24.8. The van der Waals surface area contributed by atoms with Crippen LogP contribution in [-0.2, 0) is 17.8 Å². The number of carbonyl (C=O) groups is 2. The summed E-state index contributed by atoms with van der Waals surface area (Å²) in [5.74, 6) is -14.7. The van der Waals surface area contributed by atoms with Gasteiger partial charge >= 0.3 is 12.1 Å². The molecule has 0 heterocycles. The quantitative estimate of drug-likeness (QED) is 0.276. The molecule has 0 aromatic heterocycles. The molecule has 178 valence electrons. The molecule has 0 saturated carbocycles. The molecule has 0 bridgehead atoms. The Morgan fingerprint density at radius 2 is 1.35 bits per heavy atom. The van der Waals surface area contributed by atoms with Gasteiger partial charge in [-0.05, 0) is 23.3 Å². The molecule has 3 aromatic carbocycles. The Bertz CT molecular complexity index is 1160. The van der Waals surface area contributed by atoms with Crippen LogP contribution in [0.15, 0.2) is 54.6 Å². The summed E-state index contributed by atoms with van der Waals surface area (Å²) >= 11 is 0. The Morgan fingerprint density at radius 1 is 0.794 bits per heavy atom. The molecule has 34 heavy (non-hydrogen) atoms. The largest absolute Gasteiger partial charge is 0.489 e. The van der Waals surface area contributed by atoms with Gasteiger partial charge in [-0.3, -0.25) is 0 Å². The third-order valence-corrected chi connectivity index (χ3v) is 4.57. The molecule has 1 atom stereocenters. The van der Waals surface area contributed by atoms with Crippen LogP contribution in [0.25, 0.3) is 0 Å². The fraction of sp³-hybridized carbons (Fsp3) is 0.130. The summed E-state index contributed by atoms with van der Waals surface area (Å²) in [5, 5.41) is 11.2. The topological polar surface area (TPSA) is 84.9 Å². The molecule has 0 radical (unpaired) electrons. The lowest BCUT2D eigenvalue weighted by atomic mass is 10.1. The number of carboxylic acids is 1. The number of carboxylic acid groups (broad SMARTS) is 1. The number of rotatable bonds is 8. The monoisotopic (exact) mass is 481 g/mol. The maximum Gasteiger partial charge on any atom is 0.413 e. The number of hydrogen-bond donors (Lipinski definition) is 2. The third-order valence-electron chi connectivity index (χ3n) is 4.57. The number of carbonyl (C=O) groups excluding carboxylic acids is 1. The number of aliphatic carboxylic acids is 1. The highest BCUT2D eigenvalue weighted by molar-refractivity contribution is 5.81. The Hall–Kier alpha value is -4.15. The third kappa shape index (κ3) is 5.80. The van der Waals surface area contributed by atoms with Gasteiger partial charge < -0.3 is 19.9 Å². The maximum atomic E-state index is 13.7. The van der Waals surface area contributed by atoms with E-state index in [2.05, 4.69) is 4.74 Å². The summed E-state index contributed by atoms with van der Waals surface area (Å²) in [6, 6.07) is 13.9. The van der Waals surface area contributed by atoms with Crippen LogP contribution in [0, 0.1) is 29.1 Å². The SMILES string of the molecule is O=C(N[C@@H](Cc1ccc(OCc2ccccc2)cc1)C(=O)O)Oc1c(F)c(F)c(F)c(F)c1F. The molecule has 0 unspecified atom stereocenters. The van der Waals surface area contributed by atoms with E-state index in [1.54, 1.807) is 12.1 Å². The minimum absolute atomic E-state index is 0.277. The second-order valence-electron chi connectivity index (χ2n) is 6.95. The van der Waals surface area contributed by atoms with Gasteiger partial charge in [-0.15, -0.1) is 0 Å². The molecular formula is C23H16F5NO5. The van der Waals surface area contributed by atoms with Gasteiger partial charge in [-0.25, -0.2) is 22.8 Å². The van der Waals surface area contributed by atoms with E-state index in [0.717, 1.165) is 5.56 Å².